The molecule has 19 heavy (non-hydrogen) atoms. The Hall–Kier alpha value is -3.04. The van der Waals surface area contributed by atoms with E-state index in [4.69, 9.17) is 20.4 Å². The molecule has 1 aromatic rings. The van der Waals surface area contributed by atoms with Crippen molar-refractivity contribution >= 4 is 23.9 Å². The minimum absolute atomic E-state index is 1.40. The quantitative estimate of drug-likeness (QED) is 0.591. The van der Waals surface area contributed by atoms with Gasteiger partial charge in [0.25, 0.3) is 0 Å². The number of hydrogen-bond donors (Lipinski definition) is 4. The second-order valence-corrected chi connectivity index (χ2v) is 3.09. The van der Waals surface area contributed by atoms with E-state index < -0.39 is 52.2 Å². The summed E-state index contributed by atoms with van der Waals surface area (Å²) in [5.41, 5.74) is -5.83. The Labute approximate surface area is 102 Å². The van der Waals surface area contributed by atoms with Crippen LogP contribution in [0.3, 0.4) is 0 Å². The van der Waals surface area contributed by atoms with Gasteiger partial charge in [0.2, 0.25) is 0 Å². The fourth-order valence-electron chi connectivity index (χ4n) is 1.26. The number of rotatable bonds is 4. The molecule has 1 heterocycles. The second-order valence-electron chi connectivity index (χ2n) is 3.09. The summed E-state index contributed by atoms with van der Waals surface area (Å²) >= 11 is 0. The maximum atomic E-state index is 13.7. The molecule has 1 aromatic heterocycles. The van der Waals surface area contributed by atoms with Crippen molar-refractivity contribution in [1.82, 2.24) is 4.98 Å². The molecule has 100 valence electrons. The van der Waals surface area contributed by atoms with Crippen LogP contribution in [-0.4, -0.2) is 49.3 Å². The first-order chi connectivity index (χ1) is 8.68. The Kier molecular flexibility index (Phi) is 3.45. The van der Waals surface area contributed by atoms with E-state index in [2.05, 4.69) is 4.98 Å². The van der Waals surface area contributed by atoms with Crippen molar-refractivity contribution in [3.63, 3.8) is 0 Å². The van der Waals surface area contributed by atoms with Crippen LogP contribution in [-0.2, 0) is 0 Å². The molecule has 4 N–H and O–H groups in total. The molecule has 10 heteroatoms. The van der Waals surface area contributed by atoms with Crippen LogP contribution in [0.15, 0.2) is 0 Å². The summed E-state index contributed by atoms with van der Waals surface area (Å²) in [6.45, 7) is 0. The van der Waals surface area contributed by atoms with Crippen LogP contribution in [0.25, 0.3) is 0 Å². The van der Waals surface area contributed by atoms with E-state index in [0.717, 1.165) is 0 Å². The number of pyridine rings is 1. The normalized spacial score (nSPS) is 9.95. The number of aromatic nitrogens is 1. The van der Waals surface area contributed by atoms with E-state index in [0.29, 0.717) is 0 Å². The number of carboxylic acids is 4. The number of carboxylic acid groups (broad SMARTS) is 4. The maximum Gasteiger partial charge on any atom is 0.355 e. The molecule has 0 atom stereocenters. The van der Waals surface area contributed by atoms with Gasteiger partial charge in [-0.05, 0) is 0 Å². The molecular formula is C9H4FNO8. The van der Waals surface area contributed by atoms with Gasteiger partial charge in [-0.25, -0.2) is 28.6 Å². The smallest absolute Gasteiger partial charge is 0.355 e. The first-order valence-corrected chi connectivity index (χ1v) is 4.35. The number of hydrogen-bond acceptors (Lipinski definition) is 5. The van der Waals surface area contributed by atoms with E-state index in [1.165, 1.54) is 0 Å². The van der Waals surface area contributed by atoms with Gasteiger partial charge in [0.15, 0.2) is 17.2 Å². The first kappa shape index (κ1) is 14.0. The van der Waals surface area contributed by atoms with Gasteiger partial charge in [-0.1, -0.05) is 0 Å². The van der Waals surface area contributed by atoms with Crippen LogP contribution in [0.4, 0.5) is 4.39 Å². The standard InChI is InChI=1S/C9H4FNO8/c10-3-1(6(12)13)4(8(16)17)11-5(9(18)19)2(3)7(14)15/h(H,12,13)(H,14,15)(H,16,17)(H,18,19). The molecule has 0 aliphatic rings. The van der Waals surface area contributed by atoms with Gasteiger partial charge in [-0.3, -0.25) is 0 Å². The van der Waals surface area contributed by atoms with E-state index in [1.807, 2.05) is 0 Å². The minimum atomic E-state index is -2.08. The highest BCUT2D eigenvalue weighted by molar-refractivity contribution is 6.06. The van der Waals surface area contributed by atoms with Crippen molar-refractivity contribution in [1.29, 1.82) is 0 Å². The lowest BCUT2D eigenvalue weighted by molar-refractivity contribution is 0.0617. The molecule has 0 radical (unpaired) electrons. The van der Waals surface area contributed by atoms with Crippen molar-refractivity contribution < 1.29 is 44.0 Å². The number of nitrogens with zero attached hydrogens (tertiary/aromatic N) is 1. The second kappa shape index (κ2) is 4.68. The highest BCUT2D eigenvalue weighted by atomic mass is 19.1. The number of halogens is 1. The third-order valence-corrected chi connectivity index (χ3v) is 1.97. The lowest BCUT2D eigenvalue weighted by Gasteiger charge is -2.08. The molecule has 0 unspecified atom stereocenters. The Morgan fingerprint density at radius 1 is 0.737 bits per heavy atom. The summed E-state index contributed by atoms with van der Waals surface area (Å²) in [6, 6.07) is 0. The predicted octanol–water partition coefficient (Wildman–Crippen LogP) is 0.0135. The molecule has 1 rings (SSSR count). The Morgan fingerprint density at radius 2 is 1.05 bits per heavy atom. The summed E-state index contributed by atoms with van der Waals surface area (Å²) in [5, 5.41) is 34.6. The average Bonchev–Trinajstić information content (AvgIpc) is 2.25. The lowest BCUT2D eigenvalue weighted by atomic mass is 10.1. The highest BCUT2D eigenvalue weighted by Crippen LogP contribution is 2.20. The zero-order chi connectivity index (χ0) is 14.9. The maximum absolute atomic E-state index is 13.7. The number of carbonyl (C=O) groups is 4. The summed E-state index contributed by atoms with van der Waals surface area (Å²) in [4.78, 5) is 45.7. The molecule has 0 aromatic carbocycles. The summed E-state index contributed by atoms with van der Waals surface area (Å²) in [5.74, 6) is -10.2. The van der Waals surface area contributed by atoms with Gasteiger partial charge in [-0.2, -0.15) is 0 Å². The fraction of sp³-hybridized carbons (Fsp3) is 0. The molecular weight excluding hydrogens is 269 g/mol. The van der Waals surface area contributed by atoms with E-state index in [9.17, 15) is 23.6 Å². The molecule has 0 bridgehead atoms. The van der Waals surface area contributed by atoms with Gasteiger partial charge in [0, 0.05) is 0 Å². The molecule has 0 saturated heterocycles. The van der Waals surface area contributed by atoms with Gasteiger partial charge >= 0.3 is 23.9 Å². The first-order valence-electron chi connectivity index (χ1n) is 4.35. The highest BCUT2D eigenvalue weighted by Gasteiger charge is 2.33. The van der Waals surface area contributed by atoms with Gasteiger partial charge < -0.3 is 20.4 Å². The van der Waals surface area contributed by atoms with Crippen molar-refractivity contribution in [2.75, 3.05) is 0 Å². The van der Waals surface area contributed by atoms with Crippen molar-refractivity contribution in [3.8, 4) is 0 Å². The molecule has 0 aliphatic heterocycles. The van der Waals surface area contributed by atoms with Crippen LogP contribution in [0, 0.1) is 5.82 Å². The van der Waals surface area contributed by atoms with Gasteiger partial charge in [-0.15, -0.1) is 0 Å². The number of aromatic carboxylic acids is 4. The lowest BCUT2D eigenvalue weighted by Crippen LogP contribution is -2.22. The third kappa shape index (κ3) is 2.31. The Bertz CT molecular complexity index is 573. The summed E-state index contributed by atoms with van der Waals surface area (Å²) in [7, 11) is 0. The SMILES string of the molecule is O=C(O)c1nc(C(=O)O)c(C(=O)O)c(F)c1C(=O)O. The zero-order valence-corrected chi connectivity index (χ0v) is 8.75. The Morgan fingerprint density at radius 3 is 1.26 bits per heavy atom. The topological polar surface area (TPSA) is 162 Å². The van der Waals surface area contributed by atoms with Crippen LogP contribution in [0.1, 0.15) is 41.7 Å². The van der Waals surface area contributed by atoms with E-state index in [-0.39, 0.29) is 0 Å². The van der Waals surface area contributed by atoms with Crippen LogP contribution in [0.5, 0.6) is 0 Å². The molecule has 0 saturated carbocycles. The van der Waals surface area contributed by atoms with Gasteiger partial charge in [0.05, 0.1) is 0 Å². The molecule has 9 nitrogen and oxygen atoms in total. The van der Waals surface area contributed by atoms with Crippen molar-refractivity contribution in [3.05, 3.63) is 28.3 Å². The van der Waals surface area contributed by atoms with Crippen LogP contribution in [0.2, 0.25) is 0 Å². The Balaban J connectivity index is 3.91. The molecule has 0 spiro atoms. The average molecular weight is 273 g/mol. The van der Waals surface area contributed by atoms with Crippen molar-refractivity contribution in [2.45, 2.75) is 0 Å². The van der Waals surface area contributed by atoms with Crippen molar-refractivity contribution in [2.24, 2.45) is 0 Å². The van der Waals surface area contributed by atoms with Crippen LogP contribution >= 0.6 is 0 Å². The van der Waals surface area contributed by atoms with E-state index >= 15 is 0 Å². The van der Waals surface area contributed by atoms with E-state index in [1.54, 1.807) is 0 Å². The fourth-order valence-corrected chi connectivity index (χ4v) is 1.26. The van der Waals surface area contributed by atoms with Gasteiger partial charge in [0.1, 0.15) is 11.1 Å². The molecule has 0 aliphatic carbocycles. The minimum Gasteiger partial charge on any atom is -0.478 e. The summed E-state index contributed by atoms with van der Waals surface area (Å²) in [6.07, 6.45) is 0. The predicted molar refractivity (Wildman–Crippen MR) is 52.0 cm³/mol. The largest absolute Gasteiger partial charge is 0.478 e. The summed E-state index contributed by atoms with van der Waals surface area (Å²) < 4.78 is 13.7. The van der Waals surface area contributed by atoms with Crippen LogP contribution < -0.4 is 0 Å². The molecule has 0 amide bonds. The monoisotopic (exact) mass is 273 g/mol. The zero-order valence-electron chi connectivity index (χ0n) is 8.75. The molecule has 0 fully saturated rings. The third-order valence-electron chi connectivity index (χ3n) is 1.97.